The van der Waals surface area contributed by atoms with Crippen LogP contribution in [0.25, 0.3) is 0 Å². The summed E-state index contributed by atoms with van der Waals surface area (Å²) in [5.41, 5.74) is 2.07. The number of carbonyl (C=O) groups excluding carboxylic acids is 5. The fourth-order valence-electron chi connectivity index (χ4n) is 9.88. The Hall–Kier alpha value is -5.73. The van der Waals surface area contributed by atoms with Gasteiger partial charge in [-0.1, -0.05) is 106 Å². The average Bonchev–Trinajstić information content (AvgIpc) is 3.84. The highest BCUT2D eigenvalue weighted by Crippen LogP contribution is 2.43. The van der Waals surface area contributed by atoms with E-state index in [-0.39, 0.29) is 85.9 Å². The van der Waals surface area contributed by atoms with Gasteiger partial charge in [0.05, 0.1) is 44.6 Å². The molecular formula is C60H77NO12. The van der Waals surface area contributed by atoms with Crippen molar-refractivity contribution in [3.05, 3.63) is 131 Å². The van der Waals surface area contributed by atoms with Gasteiger partial charge in [0.2, 0.25) is 5.91 Å². The minimum Gasteiger partial charge on any atom is -0.497 e. The molecule has 0 radical (unpaired) electrons. The van der Waals surface area contributed by atoms with Crippen molar-refractivity contribution in [3.63, 3.8) is 0 Å². The molecule has 13 heteroatoms. The number of esters is 1. The summed E-state index contributed by atoms with van der Waals surface area (Å²) in [7, 11) is 3.26. The van der Waals surface area contributed by atoms with Gasteiger partial charge in [-0.2, -0.15) is 0 Å². The minimum absolute atomic E-state index is 0.0147. The highest BCUT2D eigenvalue weighted by atomic mass is 16.7. The summed E-state index contributed by atoms with van der Waals surface area (Å²) in [5.74, 6) is 1.71. The van der Waals surface area contributed by atoms with E-state index >= 15 is 0 Å². The second-order valence-electron chi connectivity index (χ2n) is 19.8. The lowest BCUT2D eigenvalue weighted by atomic mass is 9.79. The fourth-order valence-corrected chi connectivity index (χ4v) is 9.88. The molecule has 13 nitrogen and oxygen atoms in total. The van der Waals surface area contributed by atoms with Gasteiger partial charge in [0.15, 0.2) is 12.1 Å². The van der Waals surface area contributed by atoms with Crippen molar-refractivity contribution in [2.45, 2.75) is 135 Å². The van der Waals surface area contributed by atoms with Gasteiger partial charge in [0.25, 0.3) is 0 Å². The topological polar surface area (TPSA) is 153 Å². The number of hydrogen-bond acceptors (Lipinski definition) is 12. The standard InChI is InChI=1S/C60H77NO12/c1-42(62)26-31-52(64)40-70-55-37-50(39-72-60(47-21-13-10-14-22-47,48-27-32-53(67-5)33-28-48)49-29-34-54(68-6)35-30-49)61(38-55)57(65)25-16-8-7-15-23-51(63)24-17-18-36-69-59-45(4)43(2)44(3)56(73-59)41-71-58(66)46-19-11-9-12-20-46/h9-14,19-22,27-30,32-35,43-45,50,55-56,59H,7-8,15-18,23-26,31,36-41H2,1-6H3/t43-,44-,45?,50-,55+,56?,59-/m0/s1. The number of methoxy groups -OCH3 is 2. The van der Waals surface area contributed by atoms with Crippen molar-refractivity contribution < 1.29 is 57.1 Å². The van der Waals surface area contributed by atoms with E-state index in [1.807, 2.05) is 102 Å². The Morgan fingerprint density at radius 2 is 1.18 bits per heavy atom. The van der Waals surface area contributed by atoms with Crippen molar-refractivity contribution in [2.24, 2.45) is 17.8 Å². The quantitative estimate of drug-likeness (QED) is 0.0278. The van der Waals surface area contributed by atoms with Crippen LogP contribution >= 0.6 is 0 Å². The lowest BCUT2D eigenvalue weighted by Gasteiger charge is -2.43. The van der Waals surface area contributed by atoms with Crippen LogP contribution in [0.4, 0.5) is 0 Å². The number of Topliss-reactive ketones (excluding diaryl/α,β-unsaturated/α-hetero) is 3. The summed E-state index contributed by atoms with van der Waals surface area (Å²) in [6.45, 7) is 8.89. The summed E-state index contributed by atoms with van der Waals surface area (Å²) in [6, 6.07) is 34.2. The van der Waals surface area contributed by atoms with E-state index in [0.717, 1.165) is 48.8 Å². The van der Waals surface area contributed by atoms with Gasteiger partial charge < -0.3 is 42.9 Å². The number of amides is 1. The molecule has 4 aromatic rings. The lowest BCUT2D eigenvalue weighted by molar-refractivity contribution is -0.254. The van der Waals surface area contributed by atoms with Crippen LogP contribution in [0, 0.1) is 17.8 Å². The van der Waals surface area contributed by atoms with Crippen LogP contribution < -0.4 is 9.47 Å². The first-order valence-corrected chi connectivity index (χ1v) is 26.2. The molecule has 2 fully saturated rings. The zero-order chi connectivity index (χ0) is 52.2. The first kappa shape index (κ1) is 56.6. The molecule has 4 aromatic carbocycles. The number of carbonyl (C=O) groups is 5. The Morgan fingerprint density at radius 3 is 1.78 bits per heavy atom. The Labute approximate surface area is 432 Å². The molecule has 0 saturated carbocycles. The maximum Gasteiger partial charge on any atom is 0.338 e. The maximum absolute atomic E-state index is 14.2. The van der Waals surface area contributed by atoms with Crippen LogP contribution in [0.3, 0.4) is 0 Å². The van der Waals surface area contributed by atoms with Crippen LogP contribution in [0.1, 0.15) is 132 Å². The first-order valence-electron chi connectivity index (χ1n) is 26.2. The molecule has 394 valence electrons. The zero-order valence-corrected chi connectivity index (χ0v) is 43.8. The molecule has 2 unspecified atom stereocenters. The van der Waals surface area contributed by atoms with Gasteiger partial charge >= 0.3 is 5.97 Å². The van der Waals surface area contributed by atoms with E-state index in [0.29, 0.717) is 68.2 Å². The van der Waals surface area contributed by atoms with Gasteiger partial charge in [-0.25, -0.2) is 4.79 Å². The summed E-state index contributed by atoms with van der Waals surface area (Å²) in [6.07, 6.45) is 5.53. The predicted octanol–water partition coefficient (Wildman–Crippen LogP) is 10.5. The van der Waals surface area contributed by atoms with Crippen molar-refractivity contribution in [1.82, 2.24) is 4.90 Å². The number of benzene rings is 4. The van der Waals surface area contributed by atoms with Crippen molar-refractivity contribution in [1.29, 1.82) is 0 Å². The molecule has 2 aliphatic heterocycles. The van der Waals surface area contributed by atoms with Crippen LogP contribution in [0.2, 0.25) is 0 Å². The lowest BCUT2D eigenvalue weighted by Crippen LogP contribution is -2.48. The Bertz CT molecular complexity index is 2290. The number of ketones is 3. The zero-order valence-electron chi connectivity index (χ0n) is 43.8. The molecule has 6 rings (SSSR count). The summed E-state index contributed by atoms with van der Waals surface area (Å²) in [5, 5.41) is 0. The van der Waals surface area contributed by atoms with E-state index in [1.54, 1.807) is 26.4 Å². The van der Waals surface area contributed by atoms with Crippen molar-refractivity contribution >= 4 is 29.2 Å². The van der Waals surface area contributed by atoms with E-state index in [9.17, 15) is 24.0 Å². The molecule has 0 aromatic heterocycles. The minimum atomic E-state index is -1.09. The van der Waals surface area contributed by atoms with Gasteiger partial charge in [0, 0.05) is 51.2 Å². The third-order valence-corrected chi connectivity index (χ3v) is 14.7. The molecule has 0 bridgehead atoms. The van der Waals surface area contributed by atoms with Gasteiger partial charge in [-0.3, -0.25) is 14.4 Å². The molecule has 7 atom stereocenters. The van der Waals surface area contributed by atoms with E-state index in [2.05, 4.69) is 20.8 Å². The SMILES string of the molecule is COc1ccc(C(OC[C@@H]2C[C@@H](OCC(=O)CCC(C)=O)CN2C(=O)CCCCCCC(=O)CCCCO[C@H]2OC(COC(=O)c3ccccc3)[C@@H](C)[C@H](C)C2C)(c2ccccc2)c2ccc(OC)cc2)cc1. The van der Waals surface area contributed by atoms with E-state index in [4.69, 9.17) is 33.2 Å². The smallest absolute Gasteiger partial charge is 0.338 e. The molecule has 0 N–H and O–H groups in total. The summed E-state index contributed by atoms with van der Waals surface area (Å²) >= 11 is 0. The molecular weight excluding hydrogens is 927 g/mol. The molecule has 0 spiro atoms. The Kier molecular flexibility index (Phi) is 22.2. The summed E-state index contributed by atoms with van der Waals surface area (Å²) in [4.78, 5) is 65.7. The number of likely N-dealkylation sites (tertiary alicyclic amines) is 1. The van der Waals surface area contributed by atoms with Crippen molar-refractivity contribution in [3.8, 4) is 11.5 Å². The Morgan fingerprint density at radius 1 is 0.603 bits per heavy atom. The number of nitrogens with zero attached hydrogens (tertiary/aromatic N) is 1. The van der Waals surface area contributed by atoms with Crippen LogP contribution in [-0.4, -0.2) is 106 Å². The monoisotopic (exact) mass is 1000 g/mol. The van der Waals surface area contributed by atoms with Gasteiger partial charge in [-0.15, -0.1) is 0 Å². The number of rotatable bonds is 30. The highest BCUT2D eigenvalue weighted by molar-refractivity contribution is 5.89. The second-order valence-corrected chi connectivity index (χ2v) is 19.8. The number of hydrogen-bond donors (Lipinski definition) is 0. The highest BCUT2D eigenvalue weighted by Gasteiger charge is 2.43. The molecule has 1 amide bonds. The molecule has 0 aliphatic carbocycles. The predicted molar refractivity (Wildman–Crippen MR) is 278 cm³/mol. The molecule has 73 heavy (non-hydrogen) atoms. The Balaban J connectivity index is 0.987. The van der Waals surface area contributed by atoms with Crippen LogP contribution in [0.15, 0.2) is 109 Å². The first-order chi connectivity index (χ1) is 35.3. The van der Waals surface area contributed by atoms with Crippen molar-refractivity contribution in [2.75, 3.05) is 47.2 Å². The number of ether oxygens (including phenoxy) is 7. The van der Waals surface area contributed by atoms with Crippen LogP contribution in [-0.2, 0) is 48.5 Å². The van der Waals surface area contributed by atoms with Crippen LogP contribution in [0.5, 0.6) is 11.5 Å². The summed E-state index contributed by atoms with van der Waals surface area (Å²) < 4.78 is 42.6. The fraction of sp³-hybridized carbons (Fsp3) is 0.517. The van der Waals surface area contributed by atoms with E-state index in [1.165, 1.54) is 6.92 Å². The van der Waals surface area contributed by atoms with E-state index < -0.39 is 18.0 Å². The largest absolute Gasteiger partial charge is 0.497 e. The molecule has 2 heterocycles. The van der Waals surface area contributed by atoms with Gasteiger partial charge in [-0.05, 0) is 104 Å². The maximum atomic E-state index is 14.2. The second kappa shape index (κ2) is 28.6. The molecule has 2 aliphatic rings. The number of unbranched alkanes of at least 4 members (excludes halogenated alkanes) is 4. The molecule has 2 saturated heterocycles. The normalized spacial score (nSPS) is 20.8. The average molecular weight is 1000 g/mol. The third kappa shape index (κ3) is 16.1. The third-order valence-electron chi connectivity index (χ3n) is 14.7. The van der Waals surface area contributed by atoms with Gasteiger partial charge in [0.1, 0.15) is 41.9 Å².